The minimum Gasteiger partial charge on any atom is -0.465 e. The number of rotatable bonds is 4. The third kappa shape index (κ3) is 3.96. The second kappa shape index (κ2) is 8.14. The second-order valence-electron chi connectivity index (χ2n) is 6.81. The quantitative estimate of drug-likeness (QED) is 0.679. The summed E-state index contributed by atoms with van der Waals surface area (Å²) in [4.78, 5) is 30.7. The summed E-state index contributed by atoms with van der Waals surface area (Å²) < 4.78 is 4.71. The maximum atomic E-state index is 13.1. The van der Waals surface area contributed by atoms with Crippen molar-refractivity contribution in [3.63, 3.8) is 0 Å². The molecule has 3 aromatic rings. The van der Waals surface area contributed by atoms with E-state index in [9.17, 15) is 9.59 Å². The summed E-state index contributed by atoms with van der Waals surface area (Å²) in [6.07, 6.45) is 3.54. The van der Waals surface area contributed by atoms with E-state index < -0.39 is 0 Å². The lowest BCUT2D eigenvalue weighted by molar-refractivity contribution is 0.0600. The van der Waals surface area contributed by atoms with Crippen molar-refractivity contribution in [1.82, 2.24) is 4.98 Å². The molecule has 0 saturated carbocycles. The normalized spacial score (nSPS) is 12.8. The molecular formula is C23H21N3O3. The average Bonchev–Trinajstić information content (AvgIpc) is 2.78. The van der Waals surface area contributed by atoms with Crippen LogP contribution in [-0.4, -0.2) is 30.5 Å². The fourth-order valence-corrected chi connectivity index (χ4v) is 3.48. The lowest BCUT2D eigenvalue weighted by Crippen LogP contribution is -2.35. The number of aromatic nitrogens is 1. The van der Waals surface area contributed by atoms with Gasteiger partial charge in [0.15, 0.2) is 0 Å². The van der Waals surface area contributed by atoms with Crippen LogP contribution in [0.4, 0.5) is 17.1 Å². The van der Waals surface area contributed by atoms with Crippen molar-refractivity contribution in [2.45, 2.75) is 12.8 Å². The molecule has 0 atom stereocenters. The van der Waals surface area contributed by atoms with Crippen LogP contribution in [0.5, 0.6) is 0 Å². The molecule has 146 valence electrons. The van der Waals surface area contributed by atoms with Gasteiger partial charge in [0.2, 0.25) is 0 Å². The largest absolute Gasteiger partial charge is 0.465 e. The summed E-state index contributed by atoms with van der Waals surface area (Å²) in [5.41, 5.74) is 4.56. The Balaban J connectivity index is 1.53. The molecule has 4 rings (SSSR count). The Morgan fingerprint density at radius 1 is 1.03 bits per heavy atom. The maximum Gasteiger partial charge on any atom is 0.337 e. The van der Waals surface area contributed by atoms with Gasteiger partial charge in [-0.05, 0) is 60.9 Å². The van der Waals surface area contributed by atoms with Crippen molar-refractivity contribution in [2.24, 2.45) is 0 Å². The van der Waals surface area contributed by atoms with Gasteiger partial charge in [0.25, 0.3) is 5.91 Å². The van der Waals surface area contributed by atoms with Gasteiger partial charge in [0.05, 0.1) is 12.7 Å². The van der Waals surface area contributed by atoms with Crippen LogP contribution in [0.1, 0.15) is 32.8 Å². The molecule has 0 fully saturated rings. The summed E-state index contributed by atoms with van der Waals surface area (Å²) in [6, 6.07) is 18.5. The molecule has 1 amide bonds. The van der Waals surface area contributed by atoms with E-state index in [1.54, 1.807) is 47.5 Å². The topological polar surface area (TPSA) is 71.5 Å². The zero-order valence-corrected chi connectivity index (χ0v) is 16.1. The minimum atomic E-state index is -0.379. The number of methoxy groups -OCH3 is 1. The van der Waals surface area contributed by atoms with Crippen LogP contribution in [0.3, 0.4) is 0 Å². The number of carbonyl (C=O) groups is 2. The maximum absolute atomic E-state index is 13.1. The van der Waals surface area contributed by atoms with Crippen LogP contribution in [0.15, 0.2) is 66.9 Å². The Morgan fingerprint density at radius 3 is 2.62 bits per heavy atom. The summed E-state index contributed by atoms with van der Waals surface area (Å²) >= 11 is 0. The number of carbonyl (C=O) groups excluding carboxylic acids is 2. The van der Waals surface area contributed by atoms with E-state index in [0.29, 0.717) is 17.8 Å². The number of fused-ring (bicyclic) bond motifs is 1. The highest BCUT2D eigenvalue weighted by Crippen LogP contribution is 2.28. The molecule has 0 spiro atoms. The van der Waals surface area contributed by atoms with Crippen LogP contribution in [0.2, 0.25) is 0 Å². The molecule has 1 N–H and O–H groups in total. The number of amides is 1. The highest BCUT2D eigenvalue weighted by molar-refractivity contribution is 6.06. The SMILES string of the molecule is COC(=O)c1ccc(Nc2ccnc(C(=O)N3CCCc4ccccc43)c2)cc1. The molecule has 0 unspecified atom stereocenters. The molecule has 2 aromatic carbocycles. The number of para-hydroxylation sites is 1. The predicted molar refractivity (Wildman–Crippen MR) is 112 cm³/mol. The molecule has 2 heterocycles. The van der Waals surface area contributed by atoms with Gasteiger partial charge >= 0.3 is 5.97 Å². The van der Waals surface area contributed by atoms with Crippen molar-refractivity contribution in [2.75, 3.05) is 23.9 Å². The first kappa shape index (κ1) is 18.7. The van der Waals surface area contributed by atoms with E-state index in [1.807, 2.05) is 18.2 Å². The van der Waals surface area contributed by atoms with E-state index in [-0.39, 0.29) is 11.9 Å². The van der Waals surface area contributed by atoms with Gasteiger partial charge in [-0.25, -0.2) is 4.79 Å². The average molecular weight is 387 g/mol. The molecule has 1 aromatic heterocycles. The van der Waals surface area contributed by atoms with E-state index in [4.69, 9.17) is 4.74 Å². The van der Waals surface area contributed by atoms with Gasteiger partial charge in [-0.2, -0.15) is 0 Å². The number of nitrogens with zero attached hydrogens (tertiary/aromatic N) is 2. The molecule has 6 nitrogen and oxygen atoms in total. The third-order valence-electron chi connectivity index (χ3n) is 4.93. The highest BCUT2D eigenvalue weighted by atomic mass is 16.5. The summed E-state index contributed by atoms with van der Waals surface area (Å²) in [5.74, 6) is -0.489. The molecule has 0 aliphatic carbocycles. The number of pyridine rings is 1. The van der Waals surface area contributed by atoms with Crippen LogP contribution in [0.25, 0.3) is 0 Å². The van der Waals surface area contributed by atoms with Crippen molar-refractivity contribution in [3.8, 4) is 0 Å². The number of hydrogen-bond donors (Lipinski definition) is 1. The fourth-order valence-electron chi connectivity index (χ4n) is 3.48. The van der Waals surface area contributed by atoms with E-state index in [1.165, 1.54) is 12.7 Å². The zero-order valence-electron chi connectivity index (χ0n) is 16.1. The molecule has 0 saturated heterocycles. The number of nitrogens with one attached hydrogen (secondary N) is 1. The van der Waals surface area contributed by atoms with Crippen molar-refractivity contribution < 1.29 is 14.3 Å². The van der Waals surface area contributed by atoms with Crippen LogP contribution >= 0.6 is 0 Å². The lowest BCUT2D eigenvalue weighted by Gasteiger charge is -2.29. The number of esters is 1. The van der Waals surface area contributed by atoms with E-state index in [0.717, 1.165) is 29.9 Å². The third-order valence-corrected chi connectivity index (χ3v) is 4.93. The molecule has 1 aliphatic rings. The van der Waals surface area contributed by atoms with Crippen LogP contribution in [0, 0.1) is 0 Å². The smallest absolute Gasteiger partial charge is 0.337 e. The van der Waals surface area contributed by atoms with Crippen LogP contribution < -0.4 is 10.2 Å². The number of hydrogen-bond acceptors (Lipinski definition) is 5. The van der Waals surface area contributed by atoms with Gasteiger partial charge in [-0.15, -0.1) is 0 Å². The van der Waals surface area contributed by atoms with Crippen molar-refractivity contribution in [1.29, 1.82) is 0 Å². The molecule has 6 heteroatoms. The Morgan fingerprint density at radius 2 is 1.83 bits per heavy atom. The zero-order chi connectivity index (χ0) is 20.2. The summed E-state index contributed by atoms with van der Waals surface area (Å²) in [7, 11) is 1.35. The predicted octanol–water partition coefficient (Wildman–Crippen LogP) is 4.20. The van der Waals surface area contributed by atoms with E-state index >= 15 is 0 Å². The van der Waals surface area contributed by atoms with Gasteiger partial charge in [0.1, 0.15) is 5.69 Å². The van der Waals surface area contributed by atoms with Crippen LogP contribution in [-0.2, 0) is 11.2 Å². The van der Waals surface area contributed by atoms with Gasteiger partial charge in [-0.1, -0.05) is 18.2 Å². The van der Waals surface area contributed by atoms with Gasteiger partial charge < -0.3 is 15.0 Å². The Labute approximate surface area is 169 Å². The fraction of sp³-hybridized carbons (Fsp3) is 0.174. The Kier molecular flexibility index (Phi) is 5.24. The molecule has 1 aliphatic heterocycles. The number of aryl methyl sites for hydroxylation is 1. The Hall–Kier alpha value is -3.67. The first-order valence-electron chi connectivity index (χ1n) is 9.47. The standard InChI is InChI=1S/C23H21N3O3/c1-29-23(28)17-8-10-18(11-9-17)25-19-12-13-24-20(15-19)22(27)26-14-4-6-16-5-2-3-7-21(16)26/h2-3,5,7-13,15H,4,6,14H2,1H3,(H,24,25). The lowest BCUT2D eigenvalue weighted by atomic mass is 10.0. The molecular weight excluding hydrogens is 366 g/mol. The first-order chi connectivity index (χ1) is 14.2. The minimum absolute atomic E-state index is 0.109. The van der Waals surface area contributed by atoms with Gasteiger partial charge in [0, 0.05) is 29.8 Å². The number of benzene rings is 2. The molecule has 0 bridgehead atoms. The highest BCUT2D eigenvalue weighted by Gasteiger charge is 2.24. The summed E-state index contributed by atoms with van der Waals surface area (Å²) in [5, 5.41) is 3.24. The molecule has 0 radical (unpaired) electrons. The number of ether oxygens (including phenoxy) is 1. The van der Waals surface area contributed by atoms with E-state index in [2.05, 4.69) is 16.4 Å². The number of anilines is 3. The van der Waals surface area contributed by atoms with Crippen molar-refractivity contribution in [3.05, 3.63) is 83.7 Å². The molecule has 29 heavy (non-hydrogen) atoms. The monoisotopic (exact) mass is 387 g/mol. The second-order valence-corrected chi connectivity index (χ2v) is 6.81. The Bertz CT molecular complexity index is 1050. The van der Waals surface area contributed by atoms with Gasteiger partial charge in [-0.3, -0.25) is 9.78 Å². The summed E-state index contributed by atoms with van der Waals surface area (Å²) in [6.45, 7) is 0.685. The first-order valence-corrected chi connectivity index (χ1v) is 9.47. The van der Waals surface area contributed by atoms with Crippen molar-refractivity contribution >= 4 is 28.9 Å².